The number of aryl methyl sites for hydroxylation is 1. The van der Waals surface area contributed by atoms with Gasteiger partial charge in [0.25, 0.3) is 0 Å². The third-order valence-electron chi connectivity index (χ3n) is 2.30. The number of rotatable bonds is 2. The van der Waals surface area contributed by atoms with Crippen LogP contribution < -0.4 is 0 Å². The molecule has 1 N–H and O–H groups in total. The van der Waals surface area contributed by atoms with Crippen molar-refractivity contribution in [3.63, 3.8) is 0 Å². The Balaban J connectivity index is 2.38. The Morgan fingerprint density at radius 2 is 2.00 bits per heavy atom. The minimum atomic E-state index is -4.57. The minimum absolute atomic E-state index is 0.00333. The summed E-state index contributed by atoms with van der Waals surface area (Å²) in [5, 5.41) is 19.1. The van der Waals surface area contributed by atoms with Gasteiger partial charge in [0.1, 0.15) is 5.56 Å². The molecule has 0 aliphatic carbocycles. The van der Waals surface area contributed by atoms with Crippen LogP contribution >= 0.6 is 0 Å². The van der Waals surface area contributed by atoms with Crippen LogP contribution in [0.2, 0.25) is 0 Å². The normalized spacial score (nSPS) is 11.6. The molecule has 2 rings (SSSR count). The molecule has 0 fully saturated rings. The number of carboxylic acid groups (broad SMARTS) is 1. The largest absolute Gasteiger partial charge is 0.478 e. The highest BCUT2D eigenvalue weighted by atomic mass is 19.4. The van der Waals surface area contributed by atoms with Crippen LogP contribution in [0.15, 0.2) is 18.3 Å². The van der Waals surface area contributed by atoms with Crippen LogP contribution in [0.5, 0.6) is 0 Å². The highest BCUT2D eigenvalue weighted by molar-refractivity contribution is 5.88. The minimum Gasteiger partial charge on any atom is -0.478 e. The van der Waals surface area contributed by atoms with Gasteiger partial charge < -0.3 is 5.11 Å². The standard InChI is InChI=1S/C10H7F3N4O2/c1-5-6(9(18)19)4-17(16-5)8-3-2-7(14-15-8)10(11,12)13/h2-4H,1H3,(H,18,19). The van der Waals surface area contributed by atoms with E-state index in [9.17, 15) is 18.0 Å². The van der Waals surface area contributed by atoms with Gasteiger partial charge in [-0.15, -0.1) is 10.2 Å². The summed E-state index contributed by atoms with van der Waals surface area (Å²) in [6, 6.07) is 1.81. The van der Waals surface area contributed by atoms with E-state index in [1.54, 1.807) is 0 Å². The van der Waals surface area contributed by atoms with Crippen LogP contribution in [0.1, 0.15) is 21.7 Å². The lowest BCUT2D eigenvalue weighted by Gasteiger charge is -2.04. The number of aromatic carboxylic acids is 1. The fraction of sp³-hybridized carbons (Fsp3) is 0.200. The molecule has 9 heteroatoms. The van der Waals surface area contributed by atoms with E-state index in [-0.39, 0.29) is 17.1 Å². The van der Waals surface area contributed by atoms with Crippen LogP contribution in [-0.4, -0.2) is 31.1 Å². The van der Waals surface area contributed by atoms with Gasteiger partial charge in [0.05, 0.1) is 5.69 Å². The van der Waals surface area contributed by atoms with Crippen molar-refractivity contribution in [2.45, 2.75) is 13.1 Å². The molecule has 100 valence electrons. The van der Waals surface area contributed by atoms with Crippen molar-refractivity contribution < 1.29 is 23.1 Å². The third kappa shape index (κ3) is 2.54. The van der Waals surface area contributed by atoms with Gasteiger partial charge in [-0.2, -0.15) is 18.3 Å². The van der Waals surface area contributed by atoms with E-state index in [4.69, 9.17) is 5.11 Å². The lowest BCUT2D eigenvalue weighted by molar-refractivity contribution is -0.141. The monoisotopic (exact) mass is 272 g/mol. The molecule has 0 aromatic carbocycles. The number of hydrogen-bond acceptors (Lipinski definition) is 4. The summed E-state index contributed by atoms with van der Waals surface area (Å²) in [5.74, 6) is -1.17. The zero-order valence-corrected chi connectivity index (χ0v) is 9.51. The molecule has 0 saturated heterocycles. The fourth-order valence-electron chi connectivity index (χ4n) is 1.39. The first-order valence-corrected chi connectivity index (χ1v) is 5.00. The van der Waals surface area contributed by atoms with E-state index in [2.05, 4.69) is 15.3 Å². The maximum Gasteiger partial charge on any atom is 0.435 e. The number of carboxylic acids is 1. The summed E-state index contributed by atoms with van der Waals surface area (Å²) in [6.07, 6.45) is -3.41. The second kappa shape index (κ2) is 4.34. The van der Waals surface area contributed by atoms with Gasteiger partial charge in [-0.1, -0.05) is 0 Å². The van der Waals surface area contributed by atoms with Crippen molar-refractivity contribution in [2.75, 3.05) is 0 Å². The van der Waals surface area contributed by atoms with E-state index in [1.165, 1.54) is 6.92 Å². The van der Waals surface area contributed by atoms with E-state index in [0.29, 0.717) is 0 Å². The lowest BCUT2D eigenvalue weighted by Crippen LogP contribution is -2.10. The number of carbonyl (C=O) groups is 1. The first kappa shape index (κ1) is 13.0. The maximum atomic E-state index is 12.3. The molecule has 2 aromatic rings. The zero-order chi connectivity index (χ0) is 14.2. The molecule has 0 atom stereocenters. The van der Waals surface area contributed by atoms with Gasteiger partial charge in [-0.25, -0.2) is 9.48 Å². The zero-order valence-electron chi connectivity index (χ0n) is 9.51. The molecule has 0 spiro atoms. The SMILES string of the molecule is Cc1nn(-c2ccc(C(F)(F)F)nn2)cc1C(=O)O. The highest BCUT2D eigenvalue weighted by Crippen LogP contribution is 2.26. The van der Waals surface area contributed by atoms with Crippen molar-refractivity contribution in [1.29, 1.82) is 0 Å². The molecule has 2 aromatic heterocycles. The average Bonchev–Trinajstić information content (AvgIpc) is 2.70. The lowest BCUT2D eigenvalue weighted by atomic mass is 10.3. The fourth-order valence-corrected chi connectivity index (χ4v) is 1.39. The average molecular weight is 272 g/mol. The van der Waals surface area contributed by atoms with E-state index in [1.807, 2.05) is 0 Å². The van der Waals surface area contributed by atoms with Crippen LogP contribution in [0.3, 0.4) is 0 Å². The molecule has 2 heterocycles. The Morgan fingerprint density at radius 3 is 2.42 bits per heavy atom. The molecule has 0 aliphatic rings. The van der Waals surface area contributed by atoms with Crippen LogP contribution in [0, 0.1) is 6.92 Å². The first-order chi connectivity index (χ1) is 8.79. The maximum absolute atomic E-state index is 12.3. The Morgan fingerprint density at radius 1 is 1.32 bits per heavy atom. The number of aromatic nitrogens is 4. The second-order valence-corrected chi connectivity index (χ2v) is 3.65. The predicted octanol–water partition coefficient (Wildman–Crippen LogP) is 1.69. The molecule has 0 saturated carbocycles. The Labute approximate surface area is 104 Å². The van der Waals surface area contributed by atoms with Crippen molar-refractivity contribution in [3.05, 3.63) is 35.3 Å². The highest BCUT2D eigenvalue weighted by Gasteiger charge is 2.33. The topological polar surface area (TPSA) is 80.9 Å². The van der Waals surface area contributed by atoms with E-state index >= 15 is 0 Å². The Hall–Kier alpha value is -2.45. The summed E-state index contributed by atoms with van der Waals surface area (Å²) in [7, 11) is 0. The number of alkyl halides is 3. The van der Waals surface area contributed by atoms with E-state index in [0.717, 1.165) is 23.0 Å². The first-order valence-electron chi connectivity index (χ1n) is 5.00. The van der Waals surface area contributed by atoms with Gasteiger partial charge >= 0.3 is 12.1 Å². The molecular formula is C10H7F3N4O2. The number of hydrogen-bond donors (Lipinski definition) is 1. The van der Waals surface area contributed by atoms with Gasteiger partial charge in [0, 0.05) is 6.20 Å². The van der Waals surface area contributed by atoms with Crippen LogP contribution in [-0.2, 0) is 6.18 Å². The number of halogens is 3. The predicted molar refractivity (Wildman–Crippen MR) is 55.9 cm³/mol. The van der Waals surface area contributed by atoms with Gasteiger partial charge in [-0.05, 0) is 19.1 Å². The number of nitrogens with zero attached hydrogens (tertiary/aromatic N) is 4. The van der Waals surface area contributed by atoms with Crippen molar-refractivity contribution in [3.8, 4) is 5.82 Å². The second-order valence-electron chi connectivity index (χ2n) is 3.65. The van der Waals surface area contributed by atoms with Gasteiger partial charge in [-0.3, -0.25) is 0 Å². The van der Waals surface area contributed by atoms with Crippen molar-refractivity contribution >= 4 is 5.97 Å². The molecule has 19 heavy (non-hydrogen) atoms. The molecule has 0 radical (unpaired) electrons. The molecule has 0 unspecified atom stereocenters. The smallest absolute Gasteiger partial charge is 0.435 e. The van der Waals surface area contributed by atoms with E-state index < -0.39 is 17.8 Å². The van der Waals surface area contributed by atoms with Gasteiger partial charge in [0.2, 0.25) is 0 Å². The van der Waals surface area contributed by atoms with Crippen molar-refractivity contribution in [1.82, 2.24) is 20.0 Å². The summed E-state index contributed by atoms with van der Waals surface area (Å²) < 4.78 is 37.9. The molecule has 0 aliphatic heterocycles. The van der Waals surface area contributed by atoms with Crippen LogP contribution in [0.4, 0.5) is 13.2 Å². The van der Waals surface area contributed by atoms with Crippen LogP contribution in [0.25, 0.3) is 5.82 Å². The molecule has 6 nitrogen and oxygen atoms in total. The summed E-state index contributed by atoms with van der Waals surface area (Å²) >= 11 is 0. The van der Waals surface area contributed by atoms with Crippen molar-refractivity contribution in [2.24, 2.45) is 0 Å². The third-order valence-corrected chi connectivity index (χ3v) is 2.30. The van der Waals surface area contributed by atoms with Gasteiger partial charge in [0.15, 0.2) is 11.5 Å². The quantitative estimate of drug-likeness (QED) is 0.899. The summed E-state index contributed by atoms with van der Waals surface area (Å²) in [6.45, 7) is 1.47. The molecule has 0 bridgehead atoms. The molecule has 0 amide bonds. The summed E-state index contributed by atoms with van der Waals surface area (Å²) in [5.41, 5.74) is -0.950. The Kier molecular flexibility index (Phi) is 2.97. The summed E-state index contributed by atoms with van der Waals surface area (Å²) in [4.78, 5) is 10.8. The Bertz CT molecular complexity index is 619. The molecular weight excluding hydrogens is 265 g/mol.